The Morgan fingerprint density at radius 1 is 1.23 bits per heavy atom. The molecule has 0 unspecified atom stereocenters. The summed E-state index contributed by atoms with van der Waals surface area (Å²) in [4.78, 5) is 24.4. The van der Waals surface area contributed by atoms with Crippen LogP contribution in [0.5, 0.6) is 0 Å². The highest BCUT2D eigenvalue weighted by Crippen LogP contribution is 2.29. The first-order valence-corrected chi connectivity index (χ1v) is 12.0. The third-order valence-corrected chi connectivity index (χ3v) is 8.05. The molecule has 1 aromatic rings. The summed E-state index contributed by atoms with van der Waals surface area (Å²) >= 11 is 0. The fraction of sp³-hybridized carbons (Fsp3) is 0.619. The number of amides is 1. The number of sulfonamides is 1. The first kappa shape index (κ1) is 23.6. The summed E-state index contributed by atoms with van der Waals surface area (Å²) in [6.07, 6.45) is 3.00. The number of esters is 1. The number of hydrogen-bond acceptors (Lipinski definition) is 6. The number of nitrogens with one attached hydrogen (secondary N) is 1. The number of carbonyl (C=O) groups excluding carboxylic acids is 2. The van der Waals surface area contributed by atoms with Gasteiger partial charge >= 0.3 is 5.97 Å². The minimum atomic E-state index is -3.90. The van der Waals surface area contributed by atoms with Crippen molar-refractivity contribution in [1.29, 1.82) is 0 Å². The number of benzene rings is 1. The number of hydrogen-bond donors (Lipinski definition) is 1. The molecule has 31 heavy (non-hydrogen) atoms. The van der Waals surface area contributed by atoms with E-state index in [9.17, 15) is 22.4 Å². The third kappa shape index (κ3) is 5.61. The summed E-state index contributed by atoms with van der Waals surface area (Å²) in [5.41, 5.74) is -0.526. The summed E-state index contributed by atoms with van der Waals surface area (Å²) in [5.74, 6) is -1.66. The molecule has 8 nitrogen and oxygen atoms in total. The first-order chi connectivity index (χ1) is 14.7. The van der Waals surface area contributed by atoms with Gasteiger partial charge in [-0.15, -0.1) is 0 Å². The van der Waals surface area contributed by atoms with Gasteiger partial charge in [-0.2, -0.15) is 4.31 Å². The van der Waals surface area contributed by atoms with Crippen LogP contribution in [-0.2, 0) is 24.3 Å². The van der Waals surface area contributed by atoms with Crippen LogP contribution in [-0.4, -0.2) is 63.6 Å². The molecule has 0 radical (unpaired) electrons. The van der Waals surface area contributed by atoms with Crippen molar-refractivity contribution in [3.63, 3.8) is 0 Å². The lowest BCUT2D eigenvalue weighted by molar-refractivity contribution is -0.125. The topological polar surface area (TPSA) is 102 Å². The maximum absolute atomic E-state index is 14.2. The Labute approximate surface area is 182 Å². The molecule has 1 saturated heterocycles. The molecule has 3 rings (SSSR count). The summed E-state index contributed by atoms with van der Waals surface area (Å²) in [6, 6.07) is 2.98. The van der Waals surface area contributed by atoms with Crippen LogP contribution in [0.2, 0.25) is 0 Å². The van der Waals surface area contributed by atoms with Crippen LogP contribution in [0, 0.1) is 17.7 Å². The van der Waals surface area contributed by atoms with Crippen molar-refractivity contribution in [2.24, 2.45) is 11.8 Å². The molecule has 1 aromatic carbocycles. The molecule has 1 amide bonds. The van der Waals surface area contributed by atoms with Gasteiger partial charge in [-0.1, -0.05) is 26.7 Å². The van der Waals surface area contributed by atoms with Crippen molar-refractivity contribution < 1.29 is 31.9 Å². The maximum atomic E-state index is 14.2. The van der Waals surface area contributed by atoms with Crippen LogP contribution >= 0.6 is 0 Å². The molecule has 1 saturated carbocycles. The number of morpholine rings is 1. The lowest BCUT2D eigenvalue weighted by atomic mass is 9.78. The van der Waals surface area contributed by atoms with Gasteiger partial charge in [-0.05, 0) is 36.5 Å². The molecule has 0 spiro atoms. The summed E-state index contributed by atoms with van der Waals surface area (Å²) < 4.78 is 51.1. The number of ether oxygens (including phenoxy) is 2. The largest absolute Gasteiger partial charge is 0.452 e. The zero-order valence-electron chi connectivity index (χ0n) is 17.8. The van der Waals surface area contributed by atoms with Gasteiger partial charge in [0.1, 0.15) is 5.82 Å². The van der Waals surface area contributed by atoms with Crippen molar-refractivity contribution >= 4 is 21.9 Å². The Morgan fingerprint density at radius 2 is 1.94 bits per heavy atom. The highest BCUT2D eigenvalue weighted by molar-refractivity contribution is 7.89. The van der Waals surface area contributed by atoms with E-state index in [4.69, 9.17) is 9.47 Å². The second-order valence-electron chi connectivity index (χ2n) is 8.18. The van der Waals surface area contributed by atoms with Crippen LogP contribution in [0.4, 0.5) is 4.39 Å². The lowest BCUT2D eigenvalue weighted by Crippen LogP contribution is -2.45. The normalized spacial score (nSPS) is 25.1. The van der Waals surface area contributed by atoms with Crippen LogP contribution in [0.15, 0.2) is 23.1 Å². The number of halogens is 1. The number of rotatable bonds is 6. The highest BCUT2D eigenvalue weighted by Gasteiger charge is 2.30. The maximum Gasteiger partial charge on any atom is 0.341 e. The van der Waals surface area contributed by atoms with Crippen LogP contribution in [0.1, 0.15) is 43.5 Å². The standard InChI is InChI=1S/C21H29FN2O6S/c1-14-4-3-5-19(15(14)2)23-20(25)13-30-21(26)17-12-16(6-7-18(17)22)31(27,28)24-8-10-29-11-9-24/h6-7,12,14-15,19H,3-5,8-11,13H2,1-2H3,(H,23,25)/t14-,15-,19+/m1/s1. The van der Waals surface area contributed by atoms with Gasteiger partial charge in [0.15, 0.2) is 6.61 Å². The average Bonchev–Trinajstić information content (AvgIpc) is 2.76. The van der Waals surface area contributed by atoms with Crippen molar-refractivity contribution in [2.75, 3.05) is 32.9 Å². The number of carbonyl (C=O) groups is 2. The van der Waals surface area contributed by atoms with Crippen LogP contribution in [0.3, 0.4) is 0 Å². The molecule has 0 bridgehead atoms. The molecule has 0 aromatic heterocycles. The molecule has 3 atom stereocenters. The van der Waals surface area contributed by atoms with Crippen molar-refractivity contribution in [3.05, 3.63) is 29.6 Å². The molecule has 2 aliphatic rings. The second kappa shape index (κ2) is 10.1. The monoisotopic (exact) mass is 456 g/mol. The summed E-state index contributed by atoms with van der Waals surface area (Å²) in [5, 5.41) is 2.87. The third-order valence-electron chi connectivity index (χ3n) is 6.15. The molecule has 172 valence electrons. The quantitative estimate of drug-likeness (QED) is 0.657. The highest BCUT2D eigenvalue weighted by atomic mass is 32.2. The fourth-order valence-corrected chi connectivity index (χ4v) is 5.44. The minimum absolute atomic E-state index is 0.00804. The second-order valence-corrected chi connectivity index (χ2v) is 10.1. The minimum Gasteiger partial charge on any atom is -0.452 e. The summed E-state index contributed by atoms with van der Waals surface area (Å²) in [7, 11) is -3.90. The van der Waals surface area contributed by atoms with E-state index >= 15 is 0 Å². The van der Waals surface area contributed by atoms with E-state index in [2.05, 4.69) is 19.2 Å². The molecule has 2 fully saturated rings. The first-order valence-electron chi connectivity index (χ1n) is 10.5. The van der Waals surface area contributed by atoms with Gasteiger partial charge in [0.25, 0.3) is 5.91 Å². The zero-order valence-corrected chi connectivity index (χ0v) is 18.6. The Balaban J connectivity index is 1.63. The smallest absolute Gasteiger partial charge is 0.341 e. The average molecular weight is 457 g/mol. The molecule has 1 aliphatic heterocycles. The predicted molar refractivity (Wildman–Crippen MR) is 110 cm³/mol. The van der Waals surface area contributed by atoms with E-state index in [1.165, 1.54) is 4.31 Å². The summed E-state index contributed by atoms with van der Waals surface area (Å²) in [6.45, 7) is 4.55. The van der Waals surface area contributed by atoms with Crippen LogP contribution < -0.4 is 5.32 Å². The van der Waals surface area contributed by atoms with E-state index in [-0.39, 0.29) is 37.2 Å². The van der Waals surface area contributed by atoms with Gasteiger partial charge in [-0.25, -0.2) is 17.6 Å². The predicted octanol–water partition coefficient (Wildman–Crippen LogP) is 1.94. The van der Waals surface area contributed by atoms with Crippen molar-refractivity contribution in [2.45, 2.75) is 44.0 Å². The van der Waals surface area contributed by atoms with Crippen LogP contribution in [0.25, 0.3) is 0 Å². The molecular formula is C21H29FN2O6S. The van der Waals surface area contributed by atoms with E-state index in [1.807, 2.05) is 0 Å². The van der Waals surface area contributed by atoms with Gasteiger partial charge in [0, 0.05) is 19.1 Å². The van der Waals surface area contributed by atoms with E-state index < -0.39 is 39.9 Å². The molecule has 1 N–H and O–H groups in total. The lowest BCUT2D eigenvalue weighted by Gasteiger charge is -2.34. The van der Waals surface area contributed by atoms with Gasteiger partial charge in [0.2, 0.25) is 10.0 Å². The Bertz CT molecular complexity index is 916. The van der Waals surface area contributed by atoms with E-state index in [0.29, 0.717) is 11.8 Å². The molecule has 10 heteroatoms. The zero-order chi connectivity index (χ0) is 22.6. The fourth-order valence-electron chi connectivity index (χ4n) is 4.00. The number of nitrogens with zero attached hydrogens (tertiary/aromatic N) is 1. The van der Waals surface area contributed by atoms with E-state index in [0.717, 1.165) is 37.5 Å². The van der Waals surface area contributed by atoms with Gasteiger partial charge in [0.05, 0.1) is 23.7 Å². The van der Waals surface area contributed by atoms with Crippen molar-refractivity contribution in [1.82, 2.24) is 9.62 Å². The molecule has 1 heterocycles. The Hall–Kier alpha value is -2.04. The SMILES string of the molecule is C[C@@H]1[C@H](C)CCC[C@@H]1NC(=O)COC(=O)c1cc(S(=O)(=O)N2CCOCC2)ccc1F. The Kier molecular flexibility index (Phi) is 7.66. The van der Waals surface area contributed by atoms with Gasteiger partial charge < -0.3 is 14.8 Å². The molecule has 1 aliphatic carbocycles. The molecular weight excluding hydrogens is 427 g/mol. The van der Waals surface area contributed by atoms with Gasteiger partial charge in [-0.3, -0.25) is 4.79 Å². The van der Waals surface area contributed by atoms with Crippen molar-refractivity contribution in [3.8, 4) is 0 Å². The Morgan fingerprint density at radius 3 is 2.65 bits per heavy atom. The van der Waals surface area contributed by atoms with E-state index in [1.54, 1.807) is 0 Å².